The van der Waals surface area contributed by atoms with Crippen molar-refractivity contribution in [1.82, 2.24) is 14.5 Å². The van der Waals surface area contributed by atoms with Crippen LogP contribution in [-0.2, 0) is 10.0 Å². The van der Waals surface area contributed by atoms with Crippen molar-refractivity contribution in [2.75, 3.05) is 18.0 Å². The standard InChI is InChI=1S/C14H19N9O2S/c15-13(20-21-16)12-11(1-4-19-14(12)26(17,24)25)22-6-2-10(3-7-22)23-8-5-18-9-23/h1,4-5,8-10H,2-3,6-7H2,(H3,15,16,20)(H2,17,24,25). The normalized spacial score (nSPS) is 16.3. The fraction of sp³-hybridized carbons (Fsp3) is 0.357. The Bertz CT molecular complexity index is 916. The molecule has 138 valence electrons. The lowest BCUT2D eigenvalue weighted by molar-refractivity contribution is 0.396. The maximum Gasteiger partial charge on any atom is 0.256 e. The quantitative estimate of drug-likeness (QED) is 0.229. The van der Waals surface area contributed by atoms with Gasteiger partial charge in [-0.1, -0.05) is 5.22 Å². The first-order valence-corrected chi connectivity index (χ1v) is 9.40. The Kier molecular flexibility index (Phi) is 4.95. The Labute approximate surface area is 150 Å². The molecule has 11 nitrogen and oxygen atoms in total. The van der Waals surface area contributed by atoms with E-state index < -0.39 is 20.9 Å². The number of hydrogen-bond acceptors (Lipinski definition) is 7. The average Bonchev–Trinajstić information content (AvgIpc) is 3.15. The van der Waals surface area contributed by atoms with Crippen molar-refractivity contribution in [2.24, 2.45) is 21.3 Å². The smallest absolute Gasteiger partial charge is 0.256 e. The highest BCUT2D eigenvalue weighted by Gasteiger charge is 2.28. The molecular formula is C14H19N9O2S. The Morgan fingerprint density at radius 2 is 2.04 bits per heavy atom. The van der Waals surface area contributed by atoms with Gasteiger partial charge in [0.15, 0.2) is 10.9 Å². The molecule has 0 unspecified atom stereocenters. The van der Waals surface area contributed by atoms with E-state index in [0.717, 1.165) is 12.8 Å². The molecule has 3 heterocycles. The molecule has 0 atom stereocenters. The number of sulfonamides is 1. The van der Waals surface area contributed by atoms with Crippen LogP contribution in [0.2, 0.25) is 0 Å². The SMILES string of the molecule is N=C(N=NN)c1c(N2CCC(n3ccnc3)CC2)ccnc1S(N)(=O)=O. The first-order chi connectivity index (χ1) is 12.4. The van der Waals surface area contributed by atoms with Gasteiger partial charge in [0.2, 0.25) is 0 Å². The minimum absolute atomic E-state index is 0.00489. The van der Waals surface area contributed by atoms with Crippen LogP contribution in [0.5, 0.6) is 0 Å². The number of hydrogen-bond donors (Lipinski definition) is 3. The second kappa shape index (κ2) is 7.17. The van der Waals surface area contributed by atoms with Crippen molar-refractivity contribution in [3.8, 4) is 0 Å². The molecule has 0 spiro atoms. The zero-order valence-electron chi connectivity index (χ0n) is 13.9. The highest BCUT2D eigenvalue weighted by Crippen LogP contribution is 2.31. The summed E-state index contributed by atoms with van der Waals surface area (Å²) in [6, 6.07) is 1.96. The van der Waals surface area contributed by atoms with Gasteiger partial charge in [-0.3, -0.25) is 5.41 Å². The lowest BCUT2D eigenvalue weighted by atomic mass is 10.0. The number of nitrogens with one attached hydrogen (secondary N) is 1. The Balaban J connectivity index is 1.94. The molecule has 5 N–H and O–H groups in total. The number of primary sulfonamides is 1. The molecule has 1 aliphatic heterocycles. The highest BCUT2D eigenvalue weighted by molar-refractivity contribution is 7.89. The summed E-state index contributed by atoms with van der Waals surface area (Å²) < 4.78 is 25.8. The summed E-state index contributed by atoms with van der Waals surface area (Å²) in [6.07, 6.45) is 8.49. The topological polar surface area (TPSA) is 169 Å². The summed E-state index contributed by atoms with van der Waals surface area (Å²) in [4.78, 5) is 9.88. The third-order valence-corrected chi connectivity index (χ3v) is 5.16. The fourth-order valence-electron chi connectivity index (χ4n) is 3.13. The van der Waals surface area contributed by atoms with E-state index in [-0.39, 0.29) is 5.56 Å². The summed E-state index contributed by atoms with van der Waals surface area (Å²) >= 11 is 0. The summed E-state index contributed by atoms with van der Waals surface area (Å²) in [6.45, 7) is 1.33. The van der Waals surface area contributed by atoms with Crippen molar-refractivity contribution < 1.29 is 8.42 Å². The first-order valence-electron chi connectivity index (χ1n) is 7.86. The minimum atomic E-state index is -4.14. The Morgan fingerprint density at radius 3 is 2.62 bits per heavy atom. The van der Waals surface area contributed by atoms with Crippen LogP contribution in [0.1, 0.15) is 24.4 Å². The predicted molar refractivity (Wildman–Crippen MR) is 94.2 cm³/mol. The van der Waals surface area contributed by atoms with E-state index in [9.17, 15) is 8.42 Å². The van der Waals surface area contributed by atoms with Gasteiger partial charge >= 0.3 is 0 Å². The van der Waals surface area contributed by atoms with Crippen LogP contribution in [0.25, 0.3) is 0 Å². The Morgan fingerprint density at radius 1 is 1.31 bits per heavy atom. The zero-order chi connectivity index (χ0) is 18.7. The molecule has 0 bridgehead atoms. The first kappa shape index (κ1) is 17.9. The molecule has 0 saturated carbocycles. The van der Waals surface area contributed by atoms with Crippen LogP contribution in [0.3, 0.4) is 0 Å². The average molecular weight is 377 g/mol. The molecule has 3 rings (SSSR count). The fourth-order valence-corrected chi connectivity index (χ4v) is 3.83. The number of rotatable bonds is 4. The Hall–Kier alpha value is -2.86. The number of nitrogens with zero attached hydrogens (tertiary/aromatic N) is 6. The van der Waals surface area contributed by atoms with Crippen molar-refractivity contribution in [3.05, 3.63) is 36.5 Å². The molecule has 0 aliphatic carbocycles. The van der Waals surface area contributed by atoms with E-state index in [1.165, 1.54) is 6.20 Å². The van der Waals surface area contributed by atoms with E-state index in [4.69, 9.17) is 16.4 Å². The number of piperidine rings is 1. The van der Waals surface area contributed by atoms with Gasteiger partial charge in [-0.2, -0.15) is 0 Å². The number of pyridine rings is 1. The number of amidine groups is 1. The van der Waals surface area contributed by atoms with Gasteiger partial charge in [-0.15, -0.1) is 5.11 Å². The molecule has 1 saturated heterocycles. The maximum absolute atomic E-state index is 11.9. The van der Waals surface area contributed by atoms with Crippen molar-refractivity contribution in [2.45, 2.75) is 23.9 Å². The molecule has 0 amide bonds. The molecule has 1 aliphatic rings. The summed E-state index contributed by atoms with van der Waals surface area (Å²) in [5, 5.41) is 19.4. The third-order valence-electron chi connectivity index (χ3n) is 4.31. The third kappa shape index (κ3) is 3.55. The van der Waals surface area contributed by atoms with Crippen LogP contribution in [0.4, 0.5) is 5.69 Å². The van der Waals surface area contributed by atoms with E-state index in [2.05, 4.69) is 24.9 Å². The van der Waals surface area contributed by atoms with Gasteiger partial charge in [0, 0.05) is 37.7 Å². The molecule has 0 aromatic carbocycles. The summed E-state index contributed by atoms with van der Waals surface area (Å²) in [5.41, 5.74) is 0.524. The predicted octanol–water partition coefficient (Wildman–Crippen LogP) is 0.418. The van der Waals surface area contributed by atoms with Gasteiger partial charge < -0.3 is 15.3 Å². The van der Waals surface area contributed by atoms with E-state index in [0.29, 0.717) is 24.8 Å². The molecule has 2 aromatic heterocycles. The molecule has 26 heavy (non-hydrogen) atoms. The molecule has 12 heteroatoms. The molecule has 0 radical (unpaired) electrons. The second-order valence-corrected chi connectivity index (χ2v) is 7.32. The maximum atomic E-state index is 11.9. The van der Waals surface area contributed by atoms with E-state index >= 15 is 0 Å². The monoisotopic (exact) mass is 377 g/mol. The van der Waals surface area contributed by atoms with E-state index in [1.54, 1.807) is 18.6 Å². The summed E-state index contributed by atoms with van der Waals surface area (Å²) in [5.74, 6) is 4.61. The van der Waals surface area contributed by atoms with Crippen LogP contribution in [0.15, 0.2) is 46.3 Å². The number of aromatic nitrogens is 3. The number of anilines is 1. The van der Waals surface area contributed by atoms with Gasteiger partial charge in [-0.25, -0.2) is 23.5 Å². The van der Waals surface area contributed by atoms with Crippen molar-refractivity contribution in [1.29, 1.82) is 5.41 Å². The molecular weight excluding hydrogens is 358 g/mol. The largest absolute Gasteiger partial charge is 0.371 e. The van der Waals surface area contributed by atoms with Gasteiger partial charge in [-0.05, 0) is 18.9 Å². The number of imidazole rings is 1. The van der Waals surface area contributed by atoms with Crippen LogP contribution in [-0.4, -0.2) is 41.9 Å². The van der Waals surface area contributed by atoms with Gasteiger partial charge in [0.25, 0.3) is 10.0 Å². The lowest BCUT2D eigenvalue weighted by Crippen LogP contribution is -2.36. The number of nitrogens with two attached hydrogens (primary N) is 2. The van der Waals surface area contributed by atoms with Gasteiger partial charge in [0.1, 0.15) is 0 Å². The summed E-state index contributed by atoms with van der Waals surface area (Å²) in [7, 11) is -4.14. The van der Waals surface area contributed by atoms with Crippen LogP contribution >= 0.6 is 0 Å². The van der Waals surface area contributed by atoms with Gasteiger partial charge in [0.05, 0.1) is 17.6 Å². The zero-order valence-corrected chi connectivity index (χ0v) is 14.7. The van der Waals surface area contributed by atoms with Crippen molar-refractivity contribution in [3.63, 3.8) is 0 Å². The minimum Gasteiger partial charge on any atom is -0.371 e. The molecule has 1 fully saturated rings. The van der Waals surface area contributed by atoms with Crippen LogP contribution in [0, 0.1) is 5.41 Å². The van der Waals surface area contributed by atoms with Crippen LogP contribution < -0.4 is 15.9 Å². The lowest BCUT2D eigenvalue weighted by Gasteiger charge is -2.35. The van der Waals surface area contributed by atoms with Crippen molar-refractivity contribution >= 4 is 21.5 Å². The second-order valence-electron chi connectivity index (χ2n) is 5.85. The highest BCUT2D eigenvalue weighted by atomic mass is 32.2. The van der Waals surface area contributed by atoms with E-state index in [1.807, 2.05) is 11.1 Å². The molecule has 2 aromatic rings.